The molecule has 1 aliphatic carbocycles. The Morgan fingerprint density at radius 2 is 2.08 bits per heavy atom. The van der Waals surface area contributed by atoms with Crippen LogP contribution in [0, 0.1) is 6.92 Å². The van der Waals surface area contributed by atoms with Crippen LogP contribution >= 0.6 is 0 Å². The van der Waals surface area contributed by atoms with Crippen molar-refractivity contribution in [1.82, 2.24) is 24.5 Å². The van der Waals surface area contributed by atoms with E-state index in [1.165, 1.54) is 17.5 Å². The number of fused-ring (bicyclic) bond motifs is 1. The maximum absolute atomic E-state index is 12.4. The highest BCUT2D eigenvalue weighted by atomic mass is 16.1. The molecular weight excluding hydrogens is 328 g/mol. The minimum Gasteiger partial charge on any atom is -0.326 e. The van der Waals surface area contributed by atoms with Crippen molar-refractivity contribution in [3.05, 3.63) is 53.2 Å². The second-order valence-corrected chi connectivity index (χ2v) is 6.69. The van der Waals surface area contributed by atoms with Crippen LogP contribution in [0.2, 0.25) is 0 Å². The van der Waals surface area contributed by atoms with E-state index < -0.39 is 0 Å². The van der Waals surface area contributed by atoms with Crippen LogP contribution in [-0.4, -0.2) is 30.5 Å². The van der Waals surface area contributed by atoms with E-state index in [2.05, 4.69) is 32.6 Å². The Kier molecular flexibility index (Phi) is 4.28. The van der Waals surface area contributed by atoms with Gasteiger partial charge < -0.3 is 5.32 Å². The maximum atomic E-state index is 12.4. The van der Waals surface area contributed by atoms with Crippen molar-refractivity contribution >= 4 is 11.6 Å². The van der Waals surface area contributed by atoms with E-state index >= 15 is 0 Å². The molecule has 0 saturated carbocycles. The summed E-state index contributed by atoms with van der Waals surface area (Å²) in [6, 6.07) is 8.09. The lowest BCUT2D eigenvalue weighted by atomic mass is 10.1. The second-order valence-electron chi connectivity index (χ2n) is 6.69. The van der Waals surface area contributed by atoms with Crippen molar-refractivity contribution in [2.24, 2.45) is 7.05 Å². The zero-order chi connectivity index (χ0) is 18.1. The van der Waals surface area contributed by atoms with Gasteiger partial charge in [-0.05, 0) is 49.4 Å². The number of benzene rings is 1. The Morgan fingerprint density at radius 3 is 2.88 bits per heavy atom. The summed E-state index contributed by atoms with van der Waals surface area (Å²) < 4.78 is 3.49. The smallest absolute Gasteiger partial charge is 0.224 e. The zero-order valence-electron chi connectivity index (χ0n) is 15.1. The number of aryl methyl sites for hydroxylation is 5. The van der Waals surface area contributed by atoms with Crippen LogP contribution in [0.4, 0.5) is 5.69 Å². The van der Waals surface area contributed by atoms with Gasteiger partial charge in [-0.2, -0.15) is 9.78 Å². The van der Waals surface area contributed by atoms with Crippen LogP contribution in [0.3, 0.4) is 0 Å². The van der Waals surface area contributed by atoms with Crippen LogP contribution in [-0.2, 0) is 31.1 Å². The first-order valence-electron chi connectivity index (χ1n) is 8.93. The Balaban J connectivity index is 1.43. The van der Waals surface area contributed by atoms with Crippen LogP contribution < -0.4 is 5.32 Å². The molecule has 26 heavy (non-hydrogen) atoms. The molecular formula is C19H22N6O. The molecule has 1 amide bonds. The third-order valence-corrected chi connectivity index (χ3v) is 4.75. The van der Waals surface area contributed by atoms with Gasteiger partial charge in [-0.1, -0.05) is 6.07 Å². The standard InChI is InChI=1S/C19H22N6O/c1-13-21-17(25(23-13)19-10-11-20-24(19)2)8-9-18(26)22-16-7-6-14-4-3-5-15(14)12-16/h6-7,10-12H,3-5,8-9H2,1-2H3,(H,22,26). The van der Waals surface area contributed by atoms with Crippen molar-refractivity contribution in [3.63, 3.8) is 0 Å². The van der Waals surface area contributed by atoms with Crippen molar-refractivity contribution in [2.75, 3.05) is 5.32 Å². The fourth-order valence-electron chi connectivity index (χ4n) is 3.48. The van der Waals surface area contributed by atoms with Crippen molar-refractivity contribution in [1.29, 1.82) is 0 Å². The molecule has 7 heteroatoms. The van der Waals surface area contributed by atoms with Gasteiger partial charge in [0.2, 0.25) is 5.91 Å². The Bertz CT molecular complexity index is 955. The molecule has 0 atom stereocenters. The first-order valence-corrected chi connectivity index (χ1v) is 8.93. The molecule has 2 aromatic heterocycles. The van der Waals surface area contributed by atoms with E-state index in [9.17, 15) is 4.79 Å². The molecule has 0 bridgehead atoms. The van der Waals surface area contributed by atoms with E-state index in [0.717, 1.165) is 30.2 Å². The zero-order valence-corrected chi connectivity index (χ0v) is 15.1. The van der Waals surface area contributed by atoms with Gasteiger partial charge in [-0.25, -0.2) is 4.98 Å². The van der Waals surface area contributed by atoms with Gasteiger partial charge >= 0.3 is 0 Å². The van der Waals surface area contributed by atoms with Gasteiger partial charge in [-0.3, -0.25) is 9.48 Å². The summed E-state index contributed by atoms with van der Waals surface area (Å²) >= 11 is 0. The van der Waals surface area contributed by atoms with Gasteiger partial charge in [-0.15, -0.1) is 5.10 Å². The summed E-state index contributed by atoms with van der Waals surface area (Å²) in [5.74, 6) is 2.26. The highest BCUT2D eigenvalue weighted by Gasteiger charge is 2.15. The predicted molar refractivity (Wildman–Crippen MR) is 98.3 cm³/mol. The minimum absolute atomic E-state index is 0.0137. The normalized spacial score (nSPS) is 13.0. The summed E-state index contributed by atoms with van der Waals surface area (Å²) in [5.41, 5.74) is 3.64. The lowest BCUT2D eigenvalue weighted by Crippen LogP contribution is -2.15. The number of aromatic nitrogens is 5. The van der Waals surface area contributed by atoms with E-state index in [1.807, 2.05) is 26.1 Å². The van der Waals surface area contributed by atoms with Crippen LogP contribution in [0.25, 0.3) is 5.82 Å². The van der Waals surface area contributed by atoms with E-state index in [0.29, 0.717) is 18.7 Å². The SMILES string of the molecule is Cc1nc(CCC(=O)Nc2ccc3c(c2)CCC3)n(-c2ccnn2C)n1. The minimum atomic E-state index is -0.0137. The van der Waals surface area contributed by atoms with Gasteiger partial charge in [0.25, 0.3) is 0 Å². The van der Waals surface area contributed by atoms with Gasteiger partial charge in [0.05, 0.1) is 6.20 Å². The Hall–Kier alpha value is -2.96. The number of anilines is 1. The van der Waals surface area contributed by atoms with E-state index in [4.69, 9.17) is 0 Å². The highest BCUT2D eigenvalue weighted by molar-refractivity contribution is 5.90. The fraction of sp³-hybridized carbons (Fsp3) is 0.368. The molecule has 0 aliphatic heterocycles. The van der Waals surface area contributed by atoms with Crippen LogP contribution in [0.15, 0.2) is 30.5 Å². The molecule has 0 fully saturated rings. The molecule has 0 spiro atoms. The first-order chi connectivity index (χ1) is 12.6. The second kappa shape index (κ2) is 6.74. The van der Waals surface area contributed by atoms with E-state index in [1.54, 1.807) is 15.6 Å². The van der Waals surface area contributed by atoms with Gasteiger partial charge in [0, 0.05) is 31.6 Å². The molecule has 1 aliphatic rings. The Labute approximate surface area is 152 Å². The fourth-order valence-corrected chi connectivity index (χ4v) is 3.48. The monoisotopic (exact) mass is 350 g/mol. The predicted octanol–water partition coefficient (Wildman–Crippen LogP) is 2.37. The quantitative estimate of drug-likeness (QED) is 0.766. The van der Waals surface area contributed by atoms with Crippen molar-refractivity contribution < 1.29 is 4.79 Å². The number of nitrogens with one attached hydrogen (secondary N) is 1. The molecule has 1 aromatic carbocycles. The Morgan fingerprint density at radius 1 is 1.23 bits per heavy atom. The molecule has 3 aromatic rings. The summed E-state index contributed by atoms with van der Waals surface area (Å²) in [6.45, 7) is 1.85. The third-order valence-electron chi connectivity index (χ3n) is 4.75. The number of amides is 1. The number of carbonyl (C=O) groups is 1. The lowest BCUT2D eigenvalue weighted by Gasteiger charge is -2.08. The summed E-state index contributed by atoms with van der Waals surface area (Å²) in [6.07, 6.45) is 6.04. The number of rotatable bonds is 5. The average molecular weight is 350 g/mol. The van der Waals surface area contributed by atoms with Crippen LogP contribution in [0.5, 0.6) is 0 Å². The first kappa shape index (κ1) is 16.5. The molecule has 2 heterocycles. The molecule has 0 unspecified atom stereocenters. The lowest BCUT2D eigenvalue weighted by molar-refractivity contribution is -0.116. The maximum Gasteiger partial charge on any atom is 0.224 e. The number of nitrogens with zero attached hydrogens (tertiary/aromatic N) is 5. The number of hydrogen-bond donors (Lipinski definition) is 1. The molecule has 134 valence electrons. The highest BCUT2D eigenvalue weighted by Crippen LogP contribution is 2.25. The number of hydrogen-bond acceptors (Lipinski definition) is 4. The third kappa shape index (κ3) is 3.24. The van der Waals surface area contributed by atoms with Crippen molar-refractivity contribution in [3.8, 4) is 5.82 Å². The molecule has 7 nitrogen and oxygen atoms in total. The van der Waals surface area contributed by atoms with Crippen molar-refractivity contribution in [2.45, 2.75) is 39.0 Å². The average Bonchev–Trinajstić information content (AvgIpc) is 3.32. The molecule has 0 saturated heterocycles. The van der Waals surface area contributed by atoms with Crippen LogP contribution in [0.1, 0.15) is 35.6 Å². The molecule has 1 N–H and O–H groups in total. The topological polar surface area (TPSA) is 77.6 Å². The summed E-state index contributed by atoms with van der Waals surface area (Å²) in [5, 5.41) is 11.6. The van der Waals surface area contributed by atoms with Gasteiger partial charge in [0.1, 0.15) is 11.6 Å². The largest absolute Gasteiger partial charge is 0.326 e. The van der Waals surface area contributed by atoms with E-state index in [-0.39, 0.29) is 5.91 Å². The number of carbonyl (C=O) groups excluding carboxylic acids is 1. The molecule has 4 rings (SSSR count). The summed E-state index contributed by atoms with van der Waals surface area (Å²) in [7, 11) is 1.86. The summed E-state index contributed by atoms with van der Waals surface area (Å²) in [4.78, 5) is 16.8. The van der Waals surface area contributed by atoms with Gasteiger partial charge in [0.15, 0.2) is 5.82 Å². The molecule has 0 radical (unpaired) electrons.